The summed E-state index contributed by atoms with van der Waals surface area (Å²) in [7, 11) is 0. The van der Waals surface area contributed by atoms with Gasteiger partial charge in [-0.2, -0.15) is 0 Å². The Morgan fingerprint density at radius 2 is 1.64 bits per heavy atom. The predicted molar refractivity (Wildman–Crippen MR) is 172 cm³/mol. The van der Waals surface area contributed by atoms with Crippen molar-refractivity contribution in [1.29, 1.82) is 0 Å². The molecule has 0 spiro atoms. The summed E-state index contributed by atoms with van der Waals surface area (Å²) in [6, 6.07) is 22.3. The average molecular weight is 597 g/mol. The molecule has 4 aliphatic rings. The van der Waals surface area contributed by atoms with Gasteiger partial charge in [-0.05, 0) is 80.1 Å². The molecule has 2 amide bonds. The summed E-state index contributed by atoms with van der Waals surface area (Å²) in [4.78, 5) is 56.4. The minimum Gasteiger partial charge on any atom is -0.507 e. The van der Waals surface area contributed by atoms with Crippen LogP contribution >= 0.6 is 0 Å². The molecule has 2 N–H and O–H groups in total. The number of aromatic hydroxyl groups is 1. The number of Topliss-reactive ketones (excluding diaryl/α,β-unsaturated/α-hetero) is 1. The van der Waals surface area contributed by atoms with Gasteiger partial charge in [0, 0.05) is 39.6 Å². The third kappa shape index (κ3) is 4.58. The Morgan fingerprint density at radius 1 is 0.911 bits per heavy atom. The van der Waals surface area contributed by atoms with Gasteiger partial charge in [-0.3, -0.25) is 24.1 Å². The van der Waals surface area contributed by atoms with Crippen LogP contribution in [0.25, 0.3) is 0 Å². The number of para-hydroxylation sites is 2. The van der Waals surface area contributed by atoms with E-state index >= 15 is 0 Å². The smallest absolute Gasteiger partial charge is 0.238 e. The van der Waals surface area contributed by atoms with Gasteiger partial charge in [-0.1, -0.05) is 54.1 Å². The molecule has 3 aromatic carbocycles. The van der Waals surface area contributed by atoms with Crippen molar-refractivity contribution in [3.63, 3.8) is 0 Å². The molecule has 0 radical (unpaired) electrons. The van der Waals surface area contributed by atoms with E-state index in [1.165, 1.54) is 11.0 Å². The lowest BCUT2D eigenvalue weighted by Gasteiger charge is -2.42. The highest BCUT2D eigenvalue weighted by Crippen LogP contribution is 2.56. The van der Waals surface area contributed by atoms with Crippen LogP contribution in [0.15, 0.2) is 120 Å². The quantitative estimate of drug-likeness (QED) is 0.191. The molecule has 0 bridgehead atoms. The molecular formula is C38H32N2O5. The van der Waals surface area contributed by atoms with Crippen LogP contribution in [-0.4, -0.2) is 28.5 Å². The number of allylic oxidation sites excluding steroid dienone is 7. The Balaban J connectivity index is 1.27. The lowest BCUT2D eigenvalue weighted by molar-refractivity contribution is -0.123. The number of rotatable bonds is 6. The van der Waals surface area contributed by atoms with Crippen LogP contribution in [0, 0.1) is 17.8 Å². The summed E-state index contributed by atoms with van der Waals surface area (Å²) in [5, 5.41) is 14.7. The van der Waals surface area contributed by atoms with Crippen molar-refractivity contribution in [1.82, 2.24) is 0 Å². The predicted octanol–water partition coefficient (Wildman–Crippen LogP) is 6.50. The summed E-state index contributed by atoms with van der Waals surface area (Å²) >= 11 is 0. The van der Waals surface area contributed by atoms with E-state index in [-0.39, 0.29) is 35.6 Å². The zero-order valence-electron chi connectivity index (χ0n) is 24.8. The fourth-order valence-corrected chi connectivity index (χ4v) is 7.54. The summed E-state index contributed by atoms with van der Waals surface area (Å²) in [5.74, 6) is -3.47. The number of phenols is 1. The molecule has 3 aliphatic carbocycles. The van der Waals surface area contributed by atoms with E-state index in [9.17, 15) is 24.3 Å². The maximum absolute atomic E-state index is 14.2. The molecule has 1 heterocycles. The van der Waals surface area contributed by atoms with E-state index in [4.69, 9.17) is 0 Å². The first-order valence-corrected chi connectivity index (χ1v) is 15.2. The Hall–Kier alpha value is -5.30. The van der Waals surface area contributed by atoms with Crippen molar-refractivity contribution in [2.45, 2.75) is 32.1 Å². The highest BCUT2D eigenvalue weighted by molar-refractivity contribution is 6.25. The van der Waals surface area contributed by atoms with E-state index in [2.05, 4.69) is 11.9 Å². The molecule has 3 aromatic rings. The Kier molecular flexibility index (Phi) is 6.96. The van der Waals surface area contributed by atoms with E-state index in [0.717, 1.165) is 16.9 Å². The standard InChI is InChI=1S/C38H32N2O5/c1-3-8-22-9-7-12-27(36(22)43)32-26-17-18-28-33(29(26)20-30-34(32)31(41)19-21(2)35(30)42)38(45)40(37(28)44)25-15-13-24(14-16-25)39-23-10-5-4-6-11-23/h3-7,9-17,19,28-29,32-33,39,43H,1,8,18,20H2,2H3/t28-,29+,32+,33-/m0/s1. The first-order valence-electron chi connectivity index (χ1n) is 15.2. The average Bonchev–Trinajstić information content (AvgIpc) is 3.30. The maximum atomic E-state index is 14.2. The van der Waals surface area contributed by atoms with Crippen LogP contribution in [-0.2, 0) is 25.6 Å². The number of nitrogens with zero attached hydrogens (tertiary/aromatic N) is 1. The lowest BCUT2D eigenvalue weighted by Crippen LogP contribution is -2.39. The lowest BCUT2D eigenvalue weighted by atomic mass is 9.59. The second kappa shape index (κ2) is 11.0. The number of fused-ring (bicyclic) bond motifs is 3. The van der Waals surface area contributed by atoms with Gasteiger partial charge in [-0.15, -0.1) is 6.58 Å². The Labute approximate surface area is 261 Å². The molecule has 0 unspecified atom stereocenters. The first-order chi connectivity index (χ1) is 21.8. The SMILES string of the molecule is C=CCc1cccc([C@H]2C3=CC[C@@H]4C(=O)N(c5ccc(Nc6ccccc6)cc5)C(=O)[C@@H]4[C@@H]3CC3=C2C(=O)C=C(C)C3=O)c1O. The number of phenolic OH excluding ortho intramolecular Hbond substituents is 1. The number of amides is 2. The molecule has 4 atom stereocenters. The molecule has 0 aromatic heterocycles. The van der Waals surface area contributed by atoms with E-state index in [1.807, 2.05) is 54.6 Å². The molecule has 45 heavy (non-hydrogen) atoms. The van der Waals surface area contributed by atoms with Gasteiger partial charge in [0.1, 0.15) is 5.75 Å². The highest BCUT2D eigenvalue weighted by atomic mass is 16.3. The van der Waals surface area contributed by atoms with Gasteiger partial charge in [0.25, 0.3) is 0 Å². The minimum absolute atomic E-state index is 0.0455. The van der Waals surface area contributed by atoms with Crippen LogP contribution in [0.2, 0.25) is 0 Å². The summed E-state index contributed by atoms with van der Waals surface area (Å²) < 4.78 is 0. The van der Waals surface area contributed by atoms with Crippen molar-refractivity contribution in [3.05, 3.63) is 131 Å². The normalized spacial score (nSPS) is 24.1. The molecule has 0 saturated carbocycles. The van der Waals surface area contributed by atoms with Crippen LogP contribution in [0.5, 0.6) is 5.75 Å². The third-order valence-corrected chi connectivity index (χ3v) is 9.58. The summed E-state index contributed by atoms with van der Waals surface area (Å²) in [6.45, 7) is 5.42. The van der Waals surface area contributed by atoms with Gasteiger partial charge in [0.2, 0.25) is 11.8 Å². The molecule has 7 nitrogen and oxygen atoms in total. The monoisotopic (exact) mass is 596 g/mol. The fraction of sp³-hybridized carbons (Fsp3) is 0.211. The maximum Gasteiger partial charge on any atom is 0.238 e. The van der Waals surface area contributed by atoms with Crippen LogP contribution < -0.4 is 10.2 Å². The van der Waals surface area contributed by atoms with E-state index < -0.39 is 23.7 Å². The summed E-state index contributed by atoms with van der Waals surface area (Å²) in [5.41, 5.74) is 5.29. The third-order valence-electron chi connectivity index (χ3n) is 9.58. The zero-order chi connectivity index (χ0) is 31.4. The van der Waals surface area contributed by atoms with Gasteiger partial charge in [0.05, 0.1) is 17.5 Å². The zero-order valence-corrected chi connectivity index (χ0v) is 24.8. The van der Waals surface area contributed by atoms with Gasteiger partial charge < -0.3 is 10.4 Å². The number of carbonyl (C=O) groups is 4. The topological polar surface area (TPSA) is 104 Å². The fourth-order valence-electron chi connectivity index (χ4n) is 7.54. The van der Waals surface area contributed by atoms with Gasteiger partial charge >= 0.3 is 0 Å². The molecule has 1 saturated heterocycles. The second-order valence-electron chi connectivity index (χ2n) is 12.1. The number of hydrogen-bond donors (Lipinski definition) is 2. The summed E-state index contributed by atoms with van der Waals surface area (Å²) in [6.07, 6.45) is 5.97. The highest BCUT2D eigenvalue weighted by Gasteiger charge is 2.56. The van der Waals surface area contributed by atoms with Crippen LogP contribution in [0.3, 0.4) is 0 Å². The largest absolute Gasteiger partial charge is 0.507 e. The molecule has 7 heteroatoms. The van der Waals surface area contributed by atoms with Crippen molar-refractivity contribution in [2.75, 3.05) is 10.2 Å². The number of anilines is 3. The van der Waals surface area contributed by atoms with E-state index in [1.54, 1.807) is 37.3 Å². The number of benzene rings is 3. The van der Waals surface area contributed by atoms with Crippen LogP contribution in [0.1, 0.15) is 36.8 Å². The number of imide groups is 1. The molecular weight excluding hydrogens is 564 g/mol. The number of carbonyl (C=O) groups excluding carboxylic acids is 4. The van der Waals surface area contributed by atoms with Crippen LogP contribution in [0.4, 0.5) is 17.1 Å². The van der Waals surface area contributed by atoms with Crippen molar-refractivity contribution in [2.24, 2.45) is 17.8 Å². The van der Waals surface area contributed by atoms with Gasteiger partial charge in [-0.25, -0.2) is 0 Å². The first kappa shape index (κ1) is 28.5. The van der Waals surface area contributed by atoms with Crippen molar-refractivity contribution >= 4 is 40.4 Å². The minimum atomic E-state index is -0.703. The molecule has 7 rings (SSSR count). The molecule has 1 fully saturated rings. The molecule has 224 valence electrons. The van der Waals surface area contributed by atoms with Crippen molar-refractivity contribution in [3.8, 4) is 5.75 Å². The number of nitrogens with one attached hydrogen (secondary N) is 1. The van der Waals surface area contributed by atoms with Crippen molar-refractivity contribution < 1.29 is 24.3 Å². The van der Waals surface area contributed by atoms with E-state index in [0.29, 0.717) is 46.4 Å². The Bertz CT molecular complexity index is 1880. The number of ketones is 2. The number of hydrogen-bond acceptors (Lipinski definition) is 6. The second-order valence-corrected chi connectivity index (χ2v) is 12.1. The van der Waals surface area contributed by atoms with Gasteiger partial charge in [0.15, 0.2) is 11.6 Å². The molecule has 1 aliphatic heterocycles. The Morgan fingerprint density at radius 3 is 2.38 bits per heavy atom.